The maximum atomic E-state index is 12.3. The molecule has 5 heteroatoms. The number of nitriles is 1. The van der Waals surface area contributed by atoms with Gasteiger partial charge in [0.25, 0.3) is 0 Å². The lowest BCUT2D eigenvalue weighted by Gasteiger charge is -2.32. The Morgan fingerprint density at radius 2 is 2.14 bits per heavy atom. The van der Waals surface area contributed by atoms with Crippen molar-refractivity contribution in [1.29, 1.82) is 5.26 Å². The molecule has 1 saturated heterocycles. The van der Waals surface area contributed by atoms with E-state index in [9.17, 15) is 10.1 Å². The van der Waals surface area contributed by atoms with E-state index in [-0.39, 0.29) is 11.8 Å². The molecule has 0 spiro atoms. The van der Waals surface area contributed by atoms with E-state index in [1.807, 2.05) is 13.8 Å². The Kier molecular flexibility index (Phi) is 6.63. The van der Waals surface area contributed by atoms with Gasteiger partial charge in [0.05, 0.1) is 12.6 Å². The van der Waals surface area contributed by atoms with Crippen molar-refractivity contribution in [2.45, 2.75) is 65.1 Å². The van der Waals surface area contributed by atoms with Gasteiger partial charge in [-0.3, -0.25) is 9.69 Å². The second-order valence-corrected chi connectivity index (χ2v) is 6.83. The zero-order valence-electron chi connectivity index (χ0n) is 14.1. The van der Waals surface area contributed by atoms with E-state index in [0.29, 0.717) is 18.6 Å². The van der Waals surface area contributed by atoms with Crippen LogP contribution in [-0.4, -0.2) is 48.1 Å². The first-order chi connectivity index (χ1) is 9.78. The average molecular weight is 294 g/mol. The molecule has 5 nitrogen and oxygen atoms in total. The SMILES string of the molecule is CC(C)N(CC(=O)NC(C)(C#N)C(C)C)CC1CCCN1. The van der Waals surface area contributed by atoms with Crippen molar-refractivity contribution in [2.75, 3.05) is 19.6 Å². The van der Waals surface area contributed by atoms with Crippen molar-refractivity contribution in [1.82, 2.24) is 15.5 Å². The zero-order valence-corrected chi connectivity index (χ0v) is 14.1. The Morgan fingerprint density at radius 1 is 1.48 bits per heavy atom. The summed E-state index contributed by atoms with van der Waals surface area (Å²) < 4.78 is 0. The maximum absolute atomic E-state index is 12.3. The first kappa shape index (κ1) is 17.9. The average Bonchev–Trinajstić information content (AvgIpc) is 2.90. The van der Waals surface area contributed by atoms with Crippen LogP contribution in [0.15, 0.2) is 0 Å². The van der Waals surface area contributed by atoms with Crippen LogP contribution in [0, 0.1) is 17.2 Å². The minimum Gasteiger partial charge on any atom is -0.337 e. The second-order valence-electron chi connectivity index (χ2n) is 6.83. The van der Waals surface area contributed by atoms with Gasteiger partial charge in [-0.05, 0) is 46.1 Å². The number of carbonyl (C=O) groups excluding carboxylic acids is 1. The van der Waals surface area contributed by atoms with Gasteiger partial charge in [0, 0.05) is 18.6 Å². The summed E-state index contributed by atoms with van der Waals surface area (Å²) in [5.41, 5.74) is -0.800. The van der Waals surface area contributed by atoms with Crippen LogP contribution in [0.2, 0.25) is 0 Å². The highest BCUT2D eigenvalue weighted by atomic mass is 16.2. The van der Waals surface area contributed by atoms with E-state index in [4.69, 9.17) is 0 Å². The molecule has 0 radical (unpaired) electrons. The smallest absolute Gasteiger partial charge is 0.235 e. The Balaban J connectivity index is 2.58. The third-order valence-electron chi connectivity index (χ3n) is 4.48. The summed E-state index contributed by atoms with van der Waals surface area (Å²) in [5.74, 6) is 0.00916. The van der Waals surface area contributed by atoms with E-state index in [1.165, 1.54) is 12.8 Å². The highest BCUT2D eigenvalue weighted by Gasteiger charge is 2.31. The fourth-order valence-corrected chi connectivity index (χ4v) is 2.47. The molecule has 21 heavy (non-hydrogen) atoms. The molecule has 1 aliphatic heterocycles. The molecule has 1 heterocycles. The lowest BCUT2D eigenvalue weighted by atomic mass is 9.90. The first-order valence-corrected chi connectivity index (χ1v) is 7.98. The summed E-state index contributed by atoms with van der Waals surface area (Å²) in [6.07, 6.45) is 2.38. The molecule has 2 N–H and O–H groups in total. The molecule has 1 aliphatic rings. The summed E-state index contributed by atoms with van der Waals surface area (Å²) in [6.45, 7) is 12.2. The van der Waals surface area contributed by atoms with Crippen LogP contribution in [0.25, 0.3) is 0 Å². The number of hydrogen-bond donors (Lipinski definition) is 2. The monoisotopic (exact) mass is 294 g/mol. The zero-order chi connectivity index (χ0) is 16.0. The van der Waals surface area contributed by atoms with E-state index in [0.717, 1.165) is 13.1 Å². The maximum Gasteiger partial charge on any atom is 0.235 e. The highest BCUT2D eigenvalue weighted by Crippen LogP contribution is 2.15. The predicted octanol–water partition coefficient (Wildman–Crippen LogP) is 1.50. The summed E-state index contributed by atoms with van der Waals surface area (Å²) in [6, 6.07) is 3.01. The molecule has 1 amide bonds. The molecule has 0 aromatic carbocycles. The van der Waals surface area contributed by atoms with Gasteiger partial charge in [0.2, 0.25) is 5.91 Å². The molecule has 120 valence electrons. The van der Waals surface area contributed by atoms with Crippen molar-refractivity contribution in [2.24, 2.45) is 5.92 Å². The van der Waals surface area contributed by atoms with Crippen LogP contribution in [0.1, 0.15) is 47.5 Å². The van der Waals surface area contributed by atoms with Gasteiger partial charge in [0.15, 0.2) is 0 Å². The fraction of sp³-hybridized carbons (Fsp3) is 0.875. The number of nitrogens with one attached hydrogen (secondary N) is 2. The standard InChI is InChI=1S/C16H30N4O/c1-12(2)16(5,11-17)19-15(21)10-20(13(3)4)9-14-7-6-8-18-14/h12-14,18H,6-10H2,1-5H3,(H,19,21). The van der Waals surface area contributed by atoms with Crippen LogP contribution in [0.3, 0.4) is 0 Å². The van der Waals surface area contributed by atoms with Crippen molar-refractivity contribution in [3.63, 3.8) is 0 Å². The van der Waals surface area contributed by atoms with E-state index in [2.05, 4.69) is 35.5 Å². The van der Waals surface area contributed by atoms with Crippen molar-refractivity contribution < 1.29 is 4.79 Å². The third kappa shape index (κ3) is 5.29. The number of carbonyl (C=O) groups is 1. The van der Waals surface area contributed by atoms with Gasteiger partial charge in [-0.25, -0.2) is 0 Å². The Bertz CT molecular complexity index is 382. The number of amides is 1. The van der Waals surface area contributed by atoms with E-state index in [1.54, 1.807) is 6.92 Å². The predicted molar refractivity (Wildman–Crippen MR) is 84.7 cm³/mol. The number of hydrogen-bond acceptors (Lipinski definition) is 4. The summed E-state index contributed by atoms with van der Waals surface area (Å²) in [7, 11) is 0. The van der Waals surface area contributed by atoms with Crippen molar-refractivity contribution >= 4 is 5.91 Å². The third-order valence-corrected chi connectivity index (χ3v) is 4.48. The molecule has 0 aromatic heterocycles. The molecule has 0 aromatic rings. The lowest BCUT2D eigenvalue weighted by molar-refractivity contribution is -0.124. The van der Waals surface area contributed by atoms with Crippen molar-refractivity contribution in [3.05, 3.63) is 0 Å². The second kappa shape index (κ2) is 7.77. The van der Waals surface area contributed by atoms with Gasteiger partial charge in [-0.15, -0.1) is 0 Å². The van der Waals surface area contributed by atoms with Gasteiger partial charge in [-0.1, -0.05) is 13.8 Å². The van der Waals surface area contributed by atoms with Crippen molar-refractivity contribution in [3.8, 4) is 6.07 Å². The normalized spacial score (nSPS) is 21.6. The van der Waals surface area contributed by atoms with Crippen LogP contribution in [-0.2, 0) is 4.79 Å². The molecule has 0 saturated carbocycles. The Hall–Kier alpha value is -1.12. The number of rotatable bonds is 7. The van der Waals surface area contributed by atoms with Gasteiger partial charge < -0.3 is 10.6 Å². The minimum absolute atomic E-state index is 0.0700. The summed E-state index contributed by atoms with van der Waals surface area (Å²) in [5, 5.41) is 15.6. The molecule has 2 atom stereocenters. The Morgan fingerprint density at radius 3 is 2.57 bits per heavy atom. The van der Waals surface area contributed by atoms with Gasteiger partial charge >= 0.3 is 0 Å². The molecule has 1 rings (SSSR count). The van der Waals surface area contributed by atoms with E-state index < -0.39 is 5.54 Å². The molecule has 1 fully saturated rings. The molecule has 0 bridgehead atoms. The van der Waals surface area contributed by atoms with E-state index >= 15 is 0 Å². The first-order valence-electron chi connectivity index (χ1n) is 7.98. The topological polar surface area (TPSA) is 68.2 Å². The van der Waals surface area contributed by atoms with Crippen LogP contribution in [0.5, 0.6) is 0 Å². The number of nitrogens with zero attached hydrogens (tertiary/aromatic N) is 2. The van der Waals surface area contributed by atoms with Crippen LogP contribution < -0.4 is 10.6 Å². The highest BCUT2D eigenvalue weighted by molar-refractivity contribution is 5.79. The van der Waals surface area contributed by atoms with Crippen LogP contribution in [0.4, 0.5) is 0 Å². The van der Waals surface area contributed by atoms with Gasteiger partial charge in [0.1, 0.15) is 5.54 Å². The fourth-order valence-electron chi connectivity index (χ4n) is 2.47. The van der Waals surface area contributed by atoms with Crippen LogP contribution >= 0.6 is 0 Å². The minimum atomic E-state index is -0.800. The Labute approximate surface area is 129 Å². The quantitative estimate of drug-likeness (QED) is 0.747. The summed E-state index contributed by atoms with van der Waals surface area (Å²) in [4.78, 5) is 14.5. The molecular formula is C16H30N4O. The summed E-state index contributed by atoms with van der Waals surface area (Å²) >= 11 is 0. The molecular weight excluding hydrogens is 264 g/mol. The molecule has 2 unspecified atom stereocenters. The lowest BCUT2D eigenvalue weighted by Crippen LogP contribution is -2.53. The largest absolute Gasteiger partial charge is 0.337 e. The molecule has 0 aliphatic carbocycles. The van der Waals surface area contributed by atoms with Gasteiger partial charge in [-0.2, -0.15) is 5.26 Å².